The first-order chi connectivity index (χ1) is 14.4. The number of H-pyrrole nitrogens is 2. The van der Waals surface area contributed by atoms with Crippen molar-refractivity contribution in [1.82, 2.24) is 26.0 Å². The quantitative estimate of drug-likeness (QED) is 0.455. The first-order valence-electron chi connectivity index (χ1n) is 10.0. The van der Waals surface area contributed by atoms with Crippen LogP contribution in [0.3, 0.4) is 0 Å². The molecule has 3 amide bonds. The lowest BCUT2D eigenvalue weighted by molar-refractivity contribution is -0.130. The number of carbonyl (C=O) groups excluding carboxylic acids is 3. The van der Waals surface area contributed by atoms with Gasteiger partial charge in [0.25, 0.3) is 11.8 Å². The minimum absolute atomic E-state index is 0.261. The van der Waals surface area contributed by atoms with Crippen molar-refractivity contribution in [3.05, 3.63) is 35.0 Å². The summed E-state index contributed by atoms with van der Waals surface area (Å²) in [6, 6.07) is 2.73. The molecule has 3 aliphatic rings. The number of fused-ring (bicyclic) bond motifs is 6. The lowest BCUT2D eigenvalue weighted by Crippen LogP contribution is -2.49. The summed E-state index contributed by atoms with van der Waals surface area (Å²) < 4.78 is 0. The molecule has 9 heteroatoms. The second-order valence-electron chi connectivity index (χ2n) is 8.69. The average molecular weight is 404 g/mol. The number of hydrogen-bond donors (Lipinski definition) is 4. The van der Waals surface area contributed by atoms with Crippen molar-refractivity contribution in [2.75, 3.05) is 4.90 Å². The molecule has 3 aromatic rings. The molecule has 9 nitrogen and oxygen atoms in total. The fourth-order valence-corrected chi connectivity index (χ4v) is 5.02. The van der Waals surface area contributed by atoms with Crippen LogP contribution in [-0.2, 0) is 32.6 Å². The van der Waals surface area contributed by atoms with Crippen LogP contribution < -0.4 is 15.8 Å². The first-order valence-corrected chi connectivity index (χ1v) is 10.0. The predicted molar refractivity (Wildman–Crippen MR) is 108 cm³/mol. The highest BCUT2D eigenvalue weighted by atomic mass is 16.2. The fourth-order valence-electron chi connectivity index (χ4n) is 5.02. The van der Waals surface area contributed by atoms with Crippen LogP contribution in [0.4, 0.5) is 5.69 Å². The Morgan fingerprint density at radius 1 is 1.10 bits per heavy atom. The van der Waals surface area contributed by atoms with E-state index >= 15 is 0 Å². The monoisotopic (exact) mass is 404 g/mol. The summed E-state index contributed by atoms with van der Waals surface area (Å²) in [6.45, 7) is 3.65. The largest absolute Gasteiger partial charge is 0.353 e. The number of aromatic nitrogens is 3. The number of aromatic amines is 2. The molecule has 2 aliphatic heterocycles. The zero-order chi connectivity index (χ0) is 20.8. The minimum Gasteiger partial charge on any atom is -0.353 e. The lowest BCUT2D eigenvalue weighted by Gasteiger charge is -2.22. The number of nitrogens with one attached hydrogen (secondary N) is 4. The summed E-state index contributed by atoms with van der Waals surface area (Å²) in [5, 5.41) is 8.40. The van der Waals surface area contributed by atoms with E-state index < -0.39 is 23.3 Å². The molecule has 4 N–H and O–H groups in total. The molecular weight excluding hydrogens is 384 g/mol. The van der Waals surface area contributed by atoms with Gasteiger partial charge in [-0.25, -0.2) is 0 Å². The van der Waals surface area contributed by atoms with Crippen LogP contribution in [0.1, 0.15) is 37.0 Å². The summed E-state index contributed by atoms with van der Waals surface area (Å²) in [6.07, 6.45) is 4.76. The normalized spacial score (nSPS) is 20.1. The van der Waals surface area contributed by atoms with Gasteiger partial charge in [0.15, 0.2) is 6.04 Å². The van der Waals surface area contributed by atoms with Crippen molar-refractivity contribution in [2.24, 2.45) is 0 Å². The number of carbonyl (C=O) groups is 3. The molecule has 4 heterocycles. The Balaban J connectivity index is 1.60. The Kier molecular flexibility index (Phi) is 3.16. The topological polar surface area (TPSA) is 123 Å². The zero-order valence-electron chi connectivity index (χ0n) is 16.5. The van der Waals surface area contributed by atoms with E-state index in [2.05, 4.69) is 26.0 Å². The summed E-state index contributed by atoms with van der Waals surface area (Å²) >= 11 is 0. The average Bonchev–Trinajstić information content (AvgIpc) is 3.41. The van der Waals surface area contributed by atoms with Crippen molar-refractivity contribution in [3.8, 4) is 11.4 Å². The Morgan fingerprint density at radius 2 is 1.87 bits per heavy atom. The molecule has 0 unspecified atom stereocenters. The van der Waals surface area contributed by atoms with Gasteiger partial charge in [-0.1, -0.05) is 0 Å². The van der Waals surface area contributed by atoms with Crippen molar-refractivity contribution >= 4 is 34.3 Å². The number of amides is 3. The molecule has 0 spiro atoms. The Hall–Kier alpha value is -3.62. The molecule has 0 radical (unpaired) electrons. The molecule has 6 rings (SSSR count). The van der Waals surface area contributed by atoms with E-state index in [-0.39, 0.29) is 5.91 Å². The second kappa shape index (κ2) is 5.50. The van der Waals surface area contributed by atoms with Gasteiger partial charge in [-0.15, -0.1) is 0 Å². The number of anilines is 1. The molecular formula is C21H20N6O3. The maximum absolute atomic E-state index is 13.3. The van der Waals surface area contributed by atoms with Gasteiger partial charge in [-0.2, -0.15) is 5.10 Å². The maximum Gasteiger partial charge on any atom is 0.271 e. The van der Waals surface area contributed by atoms with E-state index in [0.717, 1.165) is 52.7 Å². The maximum atomic E-state index is 13.3. The van der Waals surface area contributed by atoms with E-state index in [1.165, 1.54) is 10.5 Å². The van der Waals surface area contributed by atoms with Crippen molar-refractivity contribution in [2.45, 2.75) is 44.6 Å². The van der Waals surface area contributed by atoms with E-state index in [1.54, 1.807) is 0 Å². The zero-order valence-corrected chi connectivity index (χ0v) is 16.5. The molecule has 0 bridgehead atoms. The summed E-state index contributed by atoms with van der Waals surface area (Å²) in [4.78, 5) is 42.8. The highest BCUT2D eigenvalue weighted by molar-refractivity contribution is 6.21. The number of aryl methyl sites for hydroxylation is 2. The van der Waals surface area contributed by atoms with Gasteiger partial charge < -0.3 is 4.98 Å². The van der Waals surface area contributed by atoms with Crippen LogP contribution in [0, 0.1) is 0 Å². The third kappa shape index (κ3) is 2.01. The third-order valence-electron chi connectivity index (χ3n) is 6.60. The number of hydrogen-bond acceptors (Lipinski definition) is 4. The summed E-state index contributed by atoms with van der Waals surface area (Å²) in [7, 11) is 0. The molecule has 152 valence electrons. The lowest BCUT2D eigenvalue weighted by atomic mass is 9.85. The van der Waals surface area contributed by atoms with Crippen molar-refractivity contribution in [3.63, 3.8) is 0 Å². The van der Waals surface area contributed by atoms with E-state index in [9.17, 15) is 14.4 Å². The Morgan fingerprint density at radius 3 is 2.63 bits per heavy atom. The van der Waals surface area contributed by atoms with Gasteiger partial charge in [0, 0.05) is 17.1 Å². The summed E-state index contributed by atoms with van der Waals surface area (Å²) in [5.74, 6) is -1.31. The van der Waals surface area contributed by atoms with Crippen LogP contribution in [0.5, 0.6) is 0 Å². The van der Waals surface area contributed by atoms with Crippen LogP contribution in [0.15, 0.2) is 18.3 Å². The van der Waals surface area contributed by atoms with Crippen LogP contribution >= 0.6 is 0 Å². The molecule has 0 atom stereocenters. The Labute approximate surface area is 171 Å². The highest BCUT2D eigenvalue weighted by Gasteiger charge is 2.52. The van der Waals surface area contributed by atoms with Gasteiger partial charge in [0.2, 0.25) is 5.91 Å². The van der Waals surface area contributed by atoms with Crippen molar-refractivity contribution < 1.29 is 14.4 Å². The van der Waals surface area contributed by atoms with Gasteiger partial charge >= 0.3 is 0 Å². The SMILES string of the molecule is CC1(C)C(=O)N(C2C(=O)NNC2=O)c2cc3c4c([nH]c3cc21)-c1n[nH]cc1CCC4. The van der Waals surface area contributed by atoms with E-state index in [1.807, 2.05) is 32.2 Å². The number of nitrogens with zero attached hydrogens (tertiary/aromatic N) is 2. The fraction of sp³-hybridized carbons (Fsp3) is 0.333. The molecule has 1 aromatic carbocycles. The second-order valence-corrected chi connectivity index (χ2v) is 8.69. The first kappa shape index (κ1) is 17.3. The number of hydrazine groups is 1. The van der Waals surface area contributed by atoms with Crippen LogP contribution in [0.2, 0.25) is 0 Å². The molecule has 1 saturated heterocycles. The third-order valence-corrected chi connectivity index (χ3v) is 6.60. The molecule has 2 aromatic heterocycles. The molecule has 0 saturated carbocycles. The molecule has 30 heavy (non-hydrogen) atoms. The minimum atomic E-state index is -1.20. The molecule has 1 fully saturated rings. The smallest absolute Gasteiger partial charge is 0.271 e. The predicted octanol–water partition coefficient (Wildman–Crippen LogP) is 1.20. The van der Waals surface area contributed by atoms with E-state index in [0.29, 0.717) is 5.69 Å². The number of rotatable bonds is 1. The highest BCUT2D eigenvalue weighted by Crippen LogP contribution is 2.46. The standard InChI is InChI=1S/C21H20N6O3/c1-21(2)12-7-13-11(10-5-3-4-9-8-22-24-15(9)16(10)23-13)6-14(12)27(20(21)30)17-18(28)25-26-19(17)29/h6-8,17,23H,3-5H2,1-2H3,(H,22,24)(H,25,28)(H,26,29). The van der Waals surface area contributed by atoms with Gasteiger partial charge in [-0.05, 0) is 61.9 Å². The Bertz CT molecular complexity index is 1270. The van der Waals surface area contributed by atoms with E-state index in [4.69, 9.17) is 0 Å². The van der Waals surface area contributed by atoms with Crippen molar-refractivity contribution in [1.29, 1.82) is 0 Å². The summed E-state index contributed by atoms with van der Waals surface area (Å²) in [5.41, 5.74) is 10.4. The van der Waals surface area contributed by atoms with Gasteiger partial charge in [0.05, 0.1) is 16.8 Å². The number of benzene rings is 1. The van der Waals surface area contributed by atoms with Crippen LogP contribution in [-0.4, -0.2) is 38.9 Å². The van der Waals surface area contributed by atoms with Gasteiger partial charge in [0.1, 0.15) is 5.69 Å². The van der Waals surface area contributed by atoms with Crippen LogP contribution in [0.25, 0.3) is 22.3 Å². The molecule has 1 aliphatic carbocycles. The van der Waals surface area contributed by atoms with Gasteiger partial charge in [-0.3, -0.25) is 35.2 Å².